The zero-order valence-electron chi connectivity index (χ0n) is 10.2. The maximum Gasteiger partial charge on any atom is 0.314 e. The molecule has 0 spiro atoms. The molecule has 1 heterocycles. The molecular formula is C10H15N3O4. The number of hydrogen-bond donors (Lipinski definition) is 1. The van der Waals surface area contributed by atoms with Gasteiger partial charge in [-0.1, -0.05) is 13.8 Å². The van der Waals surface area contributed by atoms with Crippen LogP contribution in [0, 0.1) is 10.1 Å². The molecule has 0 bridgehead atoms. The van der Waals surface area contributed by atoms with Crippen LogP contribution in [-0.2, 0) is 11.8 Å². The first kappa shape index (κ1) is 13.1. The van der Waals surface area contributed by atoms with Gasteiger partial charge < -0.3 is 5.11 Å². The third-order valence-electron chi connectivity index (χ3n) is 2.60. The van der Waals surface area contributed by atoms with E-state index in [1.165, 1.54) is 18.7 Å². The average molecular weight is 241 g/mol. The lowest BCUT2D eigenvalue weighted by molar-refractivity contribution is -0.386. The summed E-state index contributed by atoms with van der Waals surface area (Å²) in [7, 11) is 1.52. The van der Waals surface area contributed by atoms with E-state index in [1.54, 1.807) is 13.8 Å². The minimum absolute atomic E-state index is 0.128. The lowest BCUT2D eigenvalue weighted by atomic mass is 10.0. The van der Waals surface area contributed by atoms with Crippen LogP contribution < -0.4 is 0 Å². The van der Waals surface area contributed by atoms with Crippen molar-refractivity contribution in [2.45, 2.75) is 32.6 Å². The molecule has 0 saturated heterocycles. The average Bonchev–Trinajstić information content (AvgIpc) is 2.54. The Bertz CT molecular complexity index is 464. The largest absolute Gasteiger partial charge is 0.481 e. The van der Waals surface area contributed by atoms with Crippen molar-refractivity contribution in [3.63, 3.8) is 0 Å². The highest BCUT2D eigenvalue weighted by Crippen LogP contribution is 2.33. The number of nitrogens with zero attached hydrogens (tertiary/aromatic N) is 3. The van der Waals surface area contributed by atoms with Crippen LogP contribution in [0.2, 0.25) is 0 Å². The van der Waals surface area contributed by atoms with Gasteiger partial charge >= 0.3 is 11.7 Å². The highest BCUT2D eigenvalue weighted by molar-refractivity contribution is 5.76. The van der Waals surface area contributed by atoms with Gasteiger partial charge in [0.25, 0.3) is 0 Å². The summed E-state index contributed by atoms with van der Waals surface area (Å²) >= 11 is 0. The molecule has 1 aromatic heterocycles. The molecule has 17 heavy (non-hydrogen) atoms. The first-order valence-corrected chi connectivity index (χ1v) is 5.21. The van der Waals surface area contributed by atoms with Crippen LogP contribution in [0.3, 0.4) is 0 Å². The van der Waals surface area contributed by atoms with Crippen molar-refractivity contribution >= 4 is 11.7 Å². The standard InChI is InChI=1S/C10H15N3O4/c1-5(2)7-9(13(16)17)8(12(4)11-7)6(3)10(14)15/h5-6H,1-4H3,(H,14,15). The predicted molar refractivity (Wildman–Crippen MR) is 60.0 cm³/mol. The van der Waals surface area contributed by atoms with Crippen molar-refractivity contribution in [2.75, 3.05) is 0 Å². The van der Waals surface area contributed by atoms with Gasteiger partial charge in [-0.25, -0.2) is 0 Å². The highest BCUT2D eigenvalue weighted by atomic mass is 16.6. The molecule has 0 saturated carbocycles. The number of aromatic nitrogens is 2. The van der Waals surface area contributed by atoms with E-state index >= 15 is 0 Å². The third kappa shape index (κ3) is 2.27. The van der Waals surface area contributed by atoms with E-state index in [2.05, 4.69) is 5.10 Å². The minimum atomic E-state index is -1.11. The summed E-state index contributed by atoms with van der Waals surface area (Å²) in [5, 5.41) is 24.0. The highest BCUT2D eigenvalue weighted by Gasteiger charge is 2.33. The van der Waals surface area contributed by atoms with E-state index in [1.807, 2.05) is 0 Å². The van der Waals surface area contributed by atoms with Crippen LogP contribution in [0.1, 0.15) is 44.0 Å². The van der Waals surface area contributed by atoms with E-state index in [0.29, 0.717) is 5.69 Å². The molecule has 7 heteroatoms. The number of rotatable bonds is 4. The van der Waals surface area contributed by atoms with Gasteiger partial charge in [-0.05, 0) is 6.92 Å². The van der Waals surface area contributed by atoms with E-state index < -0.39 is 16.8 Å². The third-order valence-corrected chi connectivity index (χ3v) is 2.60. The molecule has 0 radical (unpaired) electrons. The summed E-state index contributed by atoms with van der Waals surface area (Å²) in [6.07, 6.45) is 0. The number of hydrogen-bond acceptors (Lipinski definition) is 4. The molecule has 1 atom stereocenters. The van der Waals surface area contributed by atoms with E-state index in [-0.39, 0.29) is 17.3 Å². The molecule has 94 valence electrons. The van der Waals surface area contributed by atoms with Crippen molar-refractivity contribution in [3.8, 4) is 0 Å². The van der Waals surface area contributed by atoms with Crippen LogP contribution in [-0.4, -0.2) is 25.8 Å². The Morgan fingerprint density at radius 1 is 1.47 bits per heavy atom. The Balaban J connectivity index is 3.48. The second-order valence-electron chi connectivity index (χ2n) is 4.21. The van der Waals surface area contributed by atoms with Crippen molar-refractivity contribution < 1.29 is 14.8 Å². The first-order chi connectivity index (χ1) is 7.77. The number of aryl methyl sites for hydroxylation is 1. The Kier molecular flexibility index (Phi) is 3.50. The SMILES string of the molecule is CC(C)c1nn(C)c(C(C)C(=O)O)c1[N+](=O)[O-]. The Morgan fingerprint density at radius 2 is 2.00 bits per heavy atom. The van der Waals surface area contributed by atoms with Crippen LogP contribution in [0.4, 0.5) is 5.69 Å². The summed E-state index contributed by atoms with van der Waals surface area (Å²) in [6.45, 7) is 4.98. The molecule has 1 unspecified atom stereocenters. The van der Waals surface area contributed by atoms with Crippen molar-refractivity contribution in [2.24, 2.45) is 7.05 Å². The summed E-state index contributed by atoms with van der Waals surface area (Å²) in [6, 6.07) is 0. The van der Waals surface area contributed by atoms with Crippen LogP contribution in [0.5, 0.6) is 0 Å². The van der Waals surface area contributed by atoms with Gasteiger partial charge in [-0.2, -0.15) is 5.10 Å². The Labute approximate surface area is 98.2 Å². The fourth-order valence-corrected chi connectivity index (χ4v) is 1.73. The van der Waals surface area contributed by atoms with Gasteiger partial charge in [0.1, 0.15) is 17.3 Å². The summed E-state index contributed by atoms with van der Waals surface area (Å²) in [4.78, 5) is 21.4. The zero-order valence-corrected chi connectivity index (χ0v) is 10.2. The topological polar surface area (TPSA) is 98.3 Å². The van der Waals surface area contributed by atoms with E-state index in [4.69, 9.17) is 5.11 Å². The fraction of sp³-hybridized carbons (Fsp3) is 0.600. The molecule has 7 nitrogen and oxygen atoms in total. The van der Waals surface area contributed by atoms with Gasteiger partial charge in [0, 0.05) is 13.0 Å². The molecule has 1 aromatic rings. The fourth-order valence-electron chi connectivity index (χ4n) is 1.73. The number of carbonyl (C=O) groups is 1. The Hall–Kier alpha value is -1.92. The first-order valence-electron chi connectivity index (χ1n) is 5.21. The van der Waals surface area contributed by atoms with E-state index in [9.17, 15) is 14.9 Å². The van der Waals surface area contributed by atoms with Crippen LogP contribution in [0.25, 0.3) is 0 Å². The summed E-state index contributed by atoms with van der Waals surface area (Å²) in [5.74, 6) is -2.19. The monoisotopic (exact) mass is 241 g/mol. The summed E-state index contributed by atoms with van der Waals surface area (Å²) < 4.78 is 1.28. The van der Waals surface area contributed by atoms with Crippen molar-refractivity contribution in [3.05, 3.63) is 21.5 Å². The van der Waals surface area contributed by atoms with Gasteiger partial charge in [0.2, 0.25) is 0 Å². The van der Waals surface area contributed by atoms with Crippen LogP contribution >= 0.6 is 0 Å². The molecule has 1 rings (SSSR count). The molecule has 0 fully saturated rings. The number of nitro groups is 1. The smallest absolute Gasteiger partial charge is 0.314 e. The molecular weight excluding hydrogens is 226 g/mol. The van der Waals surface area contributed by atoms with Gasteiger partial charge in [0.15, 0.2) is 0 Å². The minimum Gasteiger partial charge on any atom is -0.481 e. The maximum absolute atomic E-state index is 11.0. The van der Waals surface area contributed by atoms with Gasteiger partial charge in [0.05, 0.1) is 4.92 Å². The molecule has 0 aliphatic heterocycles. The number of aliphatic carboxylic acids is 1. The lowest BCUT2D eigenvalue weighted by Gasteiger charge is -2.05. The maximum atomic E-state index is 11.0. The molecule has 0 aromatic carbocycles. The predicted octanol–water partition coefficient (Wildman–Crippen LogP) is 1.64. The quantitative estimate of drug-likeness (QED) is 0.638. The van der Waals surface area contributed by atoms with Gasteiger partial charge in [-0.15, -0.1) is 0 Å². The Morgan fingerprint density at radius 3 is 2.35 bits per heavy atom. The summed E-state index contributed by atoms with van der Waals surface area (Å²) in [5.41, 5.74) is 0.268. The normalized spacial score (nSPS) is 12.8. The van der Waals surface area contributed by atoms with E-state index in [0.717, 1.165) is 0 Å². The molecule has 0 aliphatic rings. The number of carboxylic acids is 1. The molecule has 1 N–H and O–H groups in total. The molecule has 0 aliphatic carbocycles. The molecule has 0 amide bonds. The van der Waals surface area contributed by atoms with Gasteiger partial charge in [-0.3, -0.25) is 19.6 Å². The van der Waals surface area contributed by atoms with Crippen molar-refractivity contribution in [1.82, 2.24) is 9.78 Å². The zero-order chi connectivity index (χ0) is 13.3. The number of carboxylic acid groups (broad SMARTS) is 1. The lowest BCUT2D eigenvalue weighted by Crippen LogP contribution is -2.13. The second kappa shape index (κ2) is 4.52. The van der Waals surface area contributed by atoms with Crippen LogP contribution in [0.15, 0.2) is 0 Å². The second-order valence-corrected chi connectivity index (χ2v) is 4.21. The van der Waals surface area contributed by atoms with Crippen molar-refractivity contribution in [1.29, 1.82) is 0 Å².